The number of carbonyl (C=O) groups is 1. The molecule has 1 atom stereocenters. The van der Waals surface area contributed by atoms with Gasteiger partial charge in [-0.15, -0.1) is 0 Å². The van der Waals surface area contributed by atoms with Crippen LogP contribution in [0.15, 0.2) is 12.1 Å². The first-order valence-electron chi connectivity index (χ1n) is 6.37. The first-order chi connectivity index (χ1) is 10.0. The zero-order valence-electron chi connectivity index (χ0n) is 11.4. The number of benzene rings is 1. The molecule has 0 N–H and O–H groups in total. The molecule has 1 saturated heterocycles. The molecule has 21 heavy (non-hydrogen) atoms. The van der Waals surface area contributed by atoms with Gasteiger partial charge in [-0.3, -0.25) is 4.79 Å². The van der Waals surface area contributed by atoms with Crippen LogP contribution in [0.2, 0.25) is 0 Å². The van der Waals surface area contributed by atoms with E-state index in [4.69, 9.17) is 10.00 Å². The second-order valence-electron chi connectivity index (χ2n) is 4.62. The summed E-state index contributed by atoms with van der Waals surface area (Å²) >= 11 is 0. The molecule has 0 amide bonds. The van der Waals surface area contributed by atoms with Crippen LogP contribution in [0.4, 0.5) is 14.5 Å². The molecular weight excluding hydrogens is 282 g/mol. The normalized spacial score (nSPS) is 18.2. The summed E-state index contributed by atoms with van der Waals surface area (Å²) in [5.41, 5.74) is -0.278. The van der Waals surface area contributed by atoms with Gasteiger partial charge in [-0.1, -0.05) is 0 Å². The minimum Gasteiger partial charge on any atom is -0.469 e. The monoisotopic (exact) mass is 296 g/mol. The fraction of sp³-hybridized carbons (Fsp3) is 0.429. The first kappa shape index (κ1) is 15.2. The summed E-state index contributed by atoms with van der Waals surface area (Å²) in [5, 5.41) is 8.69. The van der Waals surface area contributed by atoms with E-state index < -0.39 is 23.7 Å². The van der Waals surface area contributed by atoms with Crippen molar-refractivity contribution in [1.82, 2.24) is 0 Å². The van der Waals surface area contributed by atoms with Gasteiger partial charge in [0.1, 0.15) is 5.69 Å². The molecule has 1 aliphatic heterocycles. The highest BCUT2D eigenvalue weighted by Crippen LogP contribution is 2.27. The Kier molecular flexibility index (Phi) is 4.70. The molecule has 7 heteroatoms. The van der Waals surface area contributed by atoms with Gasteiger partial charge in [0.2, 0.25) is 0 Å². The summed E-state index contributed by atoms with van der Waals surface area (Å²) in [6.07, 6.45) is -0.465. The fourth-order valence-electron chi connectivity index (χ4n) is 2.25. The van der Waals surface area contributed by atoms with Gasteiger partial charge >= 0.3 is 5.97 Å². The van der Waals surface area contributed by atoms with Gasteiger partial charge in [-0.05, 0) is 12.1 Å². The maximum absolute atomic E-state index is 14.0. The highest BCUT2D eigenvalue weighted by Gasteiger charge is 2.27. The maximum atomic E-state index is 14.0. The fourth-order valence-corrected chi connectivity index (χ4v) is 2.25. The van der Waals surface area contributed by atoms with Gasteiger partial charge in [0.15, 0.2) is 11.6 Å². The number of rotatable bonds is 3. The topological polar surface area (TPSA) is 62.6 Å². The number of halogens is 2. The van der Waals surface area contributed by atoms with Crippen LogP contribution in [0.25, 0.3) is 0 Å². The summed E-state index contributed by atoms with van der Waals surface area (Å²) in [5.74, 6) is -2.04. The maximum Gasteiger partial charge on any atom is 0.308 e. The summed E-state index contributed by atoms with van der Waals surface area (Å²) < 4.78 is 37.9. The Hall–Kier alpha value is -2.20. The highest BCUT2D eigenvalue weighted by atomic mass is 19.1. The van der Waals surface area contributed by atoms with E-state index in [-0.39, 0.29) is 30.8 Å². The van der Waals surface area contributed by atoms with Gasteiger partial charge in [-0.2, -0.15) is 5.26 Å². The standard InChI is InChI=1S/C14H14F2N2O3/c1-20-13(19)6-10-8-18(2-3-21-10)14-11(15)4-9(7-17)5-12(14)16/h4-5,10H,2-3,6,8H2,1H3. The van der Waals surface area contributed by atoms with Gasteiger partial charge in [0.05, 0.1) is 37.9 Å². The Labute approximate surface area is 120 Å². The number of ether oxygens (including phenoxy) is 2. The smallest absolute Gasteiger partial charge is 0.308 e. The van der Waals surface area contributed by atoms with Crippen molar-refractivity contribution in [3.63, 3.8) is 0 Å². The predicted molar refractivity (Wildman–Crippen MR) is 69.7 cm³/mol. The number of methoxy groups -OCH3 is 1. The quantitative estimate of drug-likeness (QED) is 0.793. The largest absolute Gasteiger partial charge is 0.469 e. The second kappa shape index (κ2) is 6.50. The number of esters is 1. The number of carbonyl (C=O) groups excluding carboxylic acids is 1. The van der Waals surface area contributed by atoms with Crippen molar-refractivity contribution >= 4 is 11.7 Å². The van der Waals surface area contributed by atoms with Crippen LogP contribution in [0.5, 0.6) is 0 Å². The minimum atomic E-state index is -0.801. The predicted octanol–water partition coefficient (Wildman–Crippen LogP) is 1.60. The number of anilines is 1. The van der Waals surface area contributed by atoms with E-state index in [1.807, 2.05) is 0 Å². The molecule has 2 rings (SSSR count). The van der Waals surface area contributed by atoms with Crippen LogP contribution in [0.3, 0.4) is 0 Å². The third-order valence-corrected chi connectivity index (χ3v) is 3.22. The van der Waals surface area contributed by atoms with Gasteiger partial charge in [0, 0.05) is 13.1 Å². The van der Waals surface area contributed by atoms with E-state index in [1.54, 1.807) is 6.07 Å². The Bertz CT molecular complexity index is 563. The van der Waals surface area contributed by atoms with Gasteiger partial charge in [-0.25, -0.2) is 8.78 Å². The van der Waals surface area contributed by atoms with Crippen LogP contribution < -0.4 is 4.90 Å². The minimum absolute atomic E-state index is 0.0204. The van der Waals surface area contributed by atoms with Crippen molar-refractivity contribution in [3.05, 3.63) is 29.3 Å². The van der Waals surface area contributed by atoms with Crippen molar-refractivity contribution in [2.24, 2.45) is 0 Å². The molecule has 1 aromatic rings. The molecule has 1 heterocycles. The average molecular weight is 296 g/mol. The van der Waals surface area contributed by atoms with Crippen molar-refractivity contribution in [2.75, 3.05) is 31.7 Å². The van der Waals surface area contributed by atoms with Gasteiger partial charge in [0.25, 0.3) is 0 Å². The SMILES string of the molecule is COC(=O)CC1CN(c2c(F)cc(C#N)cc2F)CCO1. The van der Waals surface area contributed by atoms with Crippen molar-refractivity contribution in [2.45, 2.75) is 12.5 Å². The Morgan fingerprint density at radius 1 is 1.52 bits per heavy atom. The lowest BCUT2D eigenvalue weighted by atomic mass is 10.1. The van der Waals surface area contributed by atoms with Crippen LogP contribution in [-0.4, -0.2) is 38.9 Å². The highest BCUT2D eigenvalue weighted by molar-refractivity contribution is 5.70. The third-order valence-electron chi connectivity index (χ3n) is 3.22. The summed E-state index contributed by atoms with van der Waals surface area (Å²) in [4.78, 5) is 12.7. The lowest BCUT2D eigenvalue weighted by molar-refractivity contribution is -0.144. The van der Waals surface area contributed by atoms with Crippen LogP contribution >= 0.6 is 0 Å². The van der Waals surface area contributed by atoms with Crippen molar-refractivity contribution in [1.29, 1.82) is 5.26 Å². The molecule has 112 valence electrons. The molecule has 0 spiro atoms. The van der Waals surface area contributed by atoms with E-state index >= 15 is 0 Å². The molecule has 1 aliphatic rings. The molecule has 1 aromatic carbocycles. The van der Waals surface area contributed by atoms with Crippen LogP contribution in [0.1, 0.15) is 12.0 Å². The Morgan fingerprint density at radius 2 is 2.19 bits per heavy atom. The third kappa shape index (κ3) is 3.47. The van der Waals surface area contributed by atoms with E-state index in [9.17, 15) is 13.6 Å². The lowest BCUT2D eigenvalue weighted by Gasteiger charge is -2.34. The Morgan fingerprint density at radius 3 is 2.76 bits per heavy atom. The van der Waals surface area contributed by atoms with E-state index in [2.05, 4.69) is 4.74 Å². The Balaban J connectivity index is 2.18. The zero-order chi connectivity index (χ0) is 15.4. The van der Waals surface area contributed by atoms with E-state index in [1.165, 1.54) is 12.0 Å². The zero-order valence-corrected chi connectivity index (χ0v) is 11.4. The van der Waals surface area contributed by atoms with E-state index in [0.717, 1.165) is 12.1 Å². The van der Waals surface area contributed by atoms with Crippen LogP contribution in [0, 0.1) is 23.0 Å². The van der Waals surface area contributed by atoms with E-state index in [0.29, 0.717) is 6.54 Å². The van der Waals surface area contributed by atoms with Gasteiger partial charge < -0.3 is 14.4 Å². The summed E-state index contributed by atoms with van der Waals surface area (Å²) in [7, 11) is 1.27. The summed E-state index contributed by atoms with van der Waals surface area (Å²) in [6.45, 7) is 0.729. The second-order valence-corrected chi connectivity index (χ2v) is 4.62. The van der Waals surface area contributed by atoms with Crippen molar-refractivity contribution < 1.29 is 23.0 Å². The molecular formula is C14H14F2N2O3. The molecule has 1 fully saturated rings. The lowest BCUT2D eigenvalue weighted by Crippen LogP contribution is -2.44. The number of nitriles is 1. The average Bonchev–Trinajstić information content (AvgIpc) is 2.46. The first-order valence-corrected chi connectivity index (χ1v) is 6.37. The van der Waals surface area contributed by atoms with Crippen molar-refractivity contribution in [3.8, 4) is 6.07 Å². The molecule has 0 radical (unpaired) electrons. The number of nitrogens with zero attached hydrogens (tertiary/aromatic N) is 2. The number of morpholine rings is 1. The molecule has 0 saturated carbocycles. The molecule has 1 unspecified atom stereocenters. The molecule has 0 aromatic heterocycles. The molecule has 0 bridgehead atoms. The molecule has 5 nitrogen and oxygen atoms in total. The number of hydrogen-bond donors (Lipinski definition) is 0. The summed E-state index contributed by atoms with van der Waals surface area (Å²) in [6, 6.07) is 3.68. The number of hydrogen-bond acceptors (Lipinski definition) is 5. The molecule has 0 aliphatic carbocycles. The van der Waals surface area contributed by atoms with Crippen LogP contribution in [-0.2, 0) is 14.3 Å².